The van der Waals surface area contributed by atoms with Crippen LogP contribution in [0.3, 0.4) is 0 Å². The first-order valence-electron chi connectivity index (χ1n) is 5.54. The number of rotatable bonds is 6. The molecule has 0 aliphatic rings. The standard InChI is InChI=1S/C11H22N2O3S/c1-6(2)13-9(14)7(3)17-11(4,5)8(12)10(15)16/h6-8H,12H2,1-5H3,(H,13,14)(H,15,16)/t7?,8-/m0/s1. The molecule has 0 bridgehead atoms. The maximum atomic E-state index is 11.7. The number of hydrogen-bond acceptors (Lipinski definition) is 4. The van der Waals surface area contributed by atoms with Gasteiger partial charge in [-0.1, -0.05) is 0 Å². The van der Waals surface area contributed by atoms with E-state index in [1.165, 1.54) is 11.8 Å². The molecular formula is C11H22N2O3S. The maximum absolute atomic E-state index is 11.7. The predicted molar refractivity (Wildman–Crippen MR) is 70.0 cm³/mol. The number of amides is 1. The normalized spacial score (nSPS) is 15.5. The third-order valence-corrected chi connectivity index (χ3v) is 3.72. The first kappa shape index (κ1) is 16.2. The van der Waals surface area contributed by atoms with E-state index in [0.29, 0.717) is 0 Å². The molecule has 0 radical (unpaired) electrons. The minimum absolute atomic E-state index is 0.0711. The van der Waals surface area contributed by atoms with E-state index in [1.54, 1.807) is 20.8 Å². The molecule has 5 nitrogen and oxygen atoms in total. The molecule has 0 heterocycles. The molecule has 0 aliphatic heterocycles. The van der Waals surface area contributed by atoms with Crippen LogP contribution < -0.4 is 11.1 Å². The molecular weight excluding hydrogens is 240 g/mol. The van der Waals surface area contributed by atoms with Gasteiger partial charge in [0.25, 0.3) is 0 Å². The highest BCUT2D eigenvalue weighted by molar-refractivity contribution is 8.02. The van der Waals surface area contributed by atoms with Gasteiger partial charge in [-0.3, -0.25) is 9.59 Å². The Morgan fingerprint density at radius 2 is 1.76 bits per heavy atom. The fraction of sp³-hybridized carbons (Fsp3) is 0.818. The third-order valence-electron chi connectivity index (χ3n) is 2.30. The van der Waals surface area contributed by atoms with Crippen LogP contribution in [0.2, 0.25) is 0 Å². The number of carboxylic acids is 1. The van der Waals surface area contributed by atoms with Crippen molar-refractivity contribution in [1.29, 1.82) is 0 Å². The summed E-state index contributed by atoms with van der Waals surface area (Å²) >= 11 is 1.27. The summed E-state index contributed by atoms with van der Waals surface area (Å²) in [6, 6.07) is -0.927. The van der Waals surface area contributed by atoms with Crippen molar-refractivity contribution < 1.29 is 14.7 Å². The third kappa shape index (κ3) is 5.41. The Bertz CT molecular complexity index is 292. The van der Waals surface area contributed by atoms with Crippen molar-refractivity contribution in [2.24, 2.45) is 5.73 Å². The lowest BCUT2D eigenvalue weighted by Crippen LogP contribution is -2.49. The molecule has 100 valence electrons. The summed E-state index contributed by atoms with van der Waals surface area (Å²) in [5.41, 5.74) is 5.59. The Labute approximate surface area is 107 Å². The molecule has 6 heteroatoms. The Kier molecular flexibility index (Phi) is 5.98. The molecule has 0 aromatic heterocycles. The second-order valence-electron chi connectivity index (χ2n) is 4.84. The zero-order valence-electron chi connectivity index (χ0n) is 11.0. The number of nitrogens with two attached hydrogens (primary N) is 1. The molecule has 0 rings (SSSR count). The predicted octanol–water partition coefficient (Wildman–Crippen LogP) is 0.823. The smallest absolute Gasteiger partial charge is 0.321 e. The molecule has 0 aromatic carbocycles. The summed E-state index contributed by atoms with van der Waals surface area (Å²) in [5.74, 6) is -1.16. The van der Waals surface area contributed by atoms with Crippen LogP contribution in [-0.4, -0.2) is 39.1 Å². The van der Waals surface area contributed by atoms with Crippen molar-refractivity contribution in [3.05, 3.63) is 0 Å². The topological polar surface area (TPSA) is 92.4 Å². The second-order valence-corrected chi connectivity index (χ2v) is 6.84. The van der Waals surface area contributed by atoms with Gasteiger partial charge in [-0.2, -0.15) is 0 Å². The lowest BCUT2D eigenvalue weighted by molar-refractivity contribution is -0.139. The van der Waals surface area contributed by atoms with Gasteiger partial charge in [0, 0.05) is 10.8 Å². The van der Waals surface area contributed by atoms with Gasteiger partial charge < -0.3 is 16.2 Å². The first-order chi connectivity index (χ1) is 7.58. The largest absolute Gasteiger partial charge is 0.480 e. The molecule has 1 unspecified atom stereocenters. The molecule has 0 saturated carbocycles. The van der Waals surface area contributed by atoms with E-state index in [9.17, 15) is 9.59 Å². The monoisotopic (exact) mass is 262 g/mol. The van der Waals surface area contributed by atoms with E-state index in [4.69, 9.17) is 10.8 Å². The Morgan fingerprint density at radius 1 is 1.29 bits per heavy atom. The lowest BCUT2D eigenvalue weighted by atomic mass is 10.1. The molecule has 17 heavy (non-hydrogen) atoms. The zero-order valence-corrected chi connectivity index (χ0v) is 11.8. The minimum atomic E-state index is -1.06. The van der Waals surface area contributed by atoms with Crippen molar-refractivity contribution in [2.45, 2.75) is 56.7 Å². The average molecular weight is 262 g/mol. The number of carbonyl (C=O) groups excluding carboxylic acids is 1. The van der Waals surface area contributed by atoms with E-state index in [-0.39, 0.29) is 17.2 Å². The minimum Gasteiger partial charge on any atom is -0.480 e. The Balaban J connectivity index is 4.50. The van der Waals surface area contributed by atoms with Crippen molar-refractivity contribution in [2.75, 3.05) is 0 Å². The van der Waals surface area contributed by atoms with Crippen LogP contribution in [0.25, 0.3) is 0 Å². The number of hydrogen-bond donors (Lipinski definition) is 3. The lowest BCUT2D eigenvalue weighted by Gasteiger charge is -2.30. The molecule has 2 atom stereocenters. The van der Waals surface area contributed by atoms with Crippen LogP contribution in [0, 0.1) is 0 Å². The molecule has 0 spiro atoms. The second kappa shape index (κ2) is 6.26. The summed E-state index contributed by atoms with van der Waals surface area (Å²) in [6.07, 6.45) is 0. The Morgan fingerprint density at radius 3 is 2.12 bits per heavy atom. The van der Waals surface area contributed by atoms with Gasteiger partial charge in [-0.25, -0.2) is 0 Å². The van der Waals surface area contributed by atoms with Gasteiger partial charge in [0.2, 0.25) is 5.91 Å². The molecule has 4 N–H and O–H groups in total. The molecule has 0 aromatic rings. The Hall–Kier alpha value is -0.750. The van der Waals surface area contributed by atoms with Crippen LogP contribution in [0.5, 0.6) is 0 Å². The number of thioether (sulfide) groups is 1. The van der Waals surface area contributed by atoms with Crippen LogP contribution in [0.1, 0.15) is 34.6 Å². The van der Waals surface area contributed by atoms with Gasteiger partial charge in [-0.05, 0) is 34.6 Å². The fourth-order valence-electron chi connectivity index (χ4n) is 1.28. The number of carbonyl (C=O) groups is 2. The van der Waals surface area contributed by atoms with Gasteiger partial charge in [0.15, 0.2) is 0 Å². The van der Waals surface area contributed by atoms with Crippen LogP contribution in [-0.2, 0) is 9.59 Å². The molecule has 0 fully saturated rings. The summed E-state index contributed by atoms with van der Waals surface area (Å²) in [5, 5.41) is 11.3. The van der Waals surface area contributed by atoms with Crippen molar-refractivity contribution in [1.82, 2.24) is 5.32 Å². The van der Waals surface area contributed by atoms with Crippen LogP contribution >= 0.6 is 11.8 Å². The van der Waals surface area contributed by atoms with E-state index in [0.717, 1.165) is 0 Å². The highest BCUT2D eigenvalue weighted by atomic mass is 32.2. The molecule has 0 aliphatic carbocycles. The fourth-order valence-corrected chi connectivity index (χ4v) is 2.62. The van der Waals surface area contributed by atoms with Gasteiger partial charge >= 0.3 is 5.97 Å². The van der Waals surface area contributed by atoms with E-state index in [1.807, 2.05) is 13.8 Å². The average Bonchev–Trinajstić information content (AvgIpc) is 2.14. The number of aliphatic carboxylic acids is 1. The van der Waals surface area contributed by atoms with E-state index >= 15 is 0 Å². The summed E-state index contributed by atoms with van der Waals surface area (Å²) in [4.78, 5) is 22.5. The van der Waals surface area contributed by atoms with Crippen molar-refractivity contribution in [3.63, 3.8) is 0 Å². The maximum Gasteiger partial charge on any atom is 0.321 e. The van der Waals surface area contributed by atoms with Gasteiger partial charge in [-0.15, -0.1) is 11.8 Å². The number of nitrogens with one attached hydrogen (secondary N) is 1. The van der Waals surface area contributed by atoms with Gasteiger partial charge in [0.05, 0.1) is 5.25 Å². The van der Waals surface area contributed by atoms with Crippen LogP contribution in [0.15, 0.2) is 0 Å². The first-order valence-corrected chi connectivity index (χ1v) is 6.42. The van der Waals surface area contributed by atoms with E-state index < -0.39 is 16.8 Å². The quantitative estimate of drug-likeness (QED) is 0.659. The van der Waals surface area contributed by atoms with E-state index in [2.05, 4.69) is 5.32 Å². The van der Waals surface area contributed by atoms with Crippen molar-refractivity contribution in [3.8, 4) is 0 Å². The number of carboxylic acid groups (broad SMARTS) is 1. The molecule has 0 saturated heterocycles. The summed E-state index contributed by atoms with van der Waals surface area (Å²) in [6.45, 7) is 8.97. The zero-order chi connectivity index (χ0) is 13.8. The summed E-state index contributed by atoms with van der Waals surface area (Å²) in [7, 11) is 0. The molecule has 1 amide bonds. The SMILES string of the molecule is CC(C)NC(=O)C(C)SC(C)(C)[C@@H](N)C(=O)O. The van der Waals surface area contributed by atoms with Gasteiger partial charge in [0.1, 0.15) is 6.04 Å². The summed E-state index contributed by atoms with van der Waals surface area (Å²) < 4.78 is -0.695. The van der Waals surface area contributed by atoms with Crippen LogP contribution in [0.4, 0.5) is 0 Å². The van der Waals surface area contributed by atoms with Crippen molar-refractivity contribution >= 4 is 23.6 Å². The highest BCUT2D eigenvalue weighted by Gasteiger charge is 2.35. The highest BCUT2D eigenvalue weighted by Crippen LogP contribution is 2.31.